The van der Waals surface area contributed by atoms with Crippen molar-refractivity contribution in [2.45, 2.75) is 38.5 Å². The standard InChI is InChI=1S/C13H24N2O/c1-2-3-4-5-6-9-15-13(16)12-7-10-14-11-8-12/h2,12,14H,1,3-11H2,(H,15,16). The van der Waals surface area contributed by atoms with Crippen molar-refractivity contribution >= 4 is 5.91 Å². The Morgan fingerprint density at radius 2 is 2.06 bits per heavy atom. The Bertz CT molecular complexity index is 210. The average molecular weight is 224 g/mol. The number of carbonyl (C=O) groups excluding carboxylic acids is 1. The van der Waals surface area contributed by atoms with Crippen LogP contribution in [0, 0.1) is 5.92 Å². The Hall–Kier alpha value is -0.830. The first-order valence-corrected chi connectivity index (χ1v) is 6.44. The molecule has 1 heterocycles. The SMILES string of the molecule is C=CCCCCCNC(=O)C1CCNCC1. The Balaban J connectivity index is 1.99. The van der Waals surface area contributed by atoms with Gasteiger partial charge in [0.2, 0.25) is 5.91 Å². The first-order chi connectivity index (χ1) is 7.84. The summed E-state index contributed by atoms with van der Waals surface area (Å²) in [6.07, 6.45) is 8.47. The number of unbranched alkanes of at least 4 members (excludes halogenated alkanes) is 3. The van der Waals surface area contributed by atoms with Gasteiger partial charge in [-0.25, -0.2) is 0 Å². The lowest BCUT2D eigenvalue weighted by atomic mass is 9.97. The van der Waals surface area contributed by atoms with Gasteiger partial charge < -0.3 is 10.6 Å². The highest BCUT2D eigenvalue weighted by Gasteiger charge is 2.19. The van der Waals surface area contributed by atoms with Gasteiger partial charge in [-0.05, 0) is 45.2 Å². The molecule has 3 nitrogen and oxygen atoms in total. The van der Waals surface area contributed by atoms with Crippen LogP contribution in [0.4, 0.5) is 0 Å². The van der Waals surface area contributed by atoms with Crippen molar-refractivity contribution in [2.75, 3.05) is 19.6 Å². The van der Waals surface area contributed by atoms with Crippen LogP contribution in [0.15, 0.2) is 12.7 Å². The number of hydrogen-bond donors (Lipinski definition) is 2. The lowest BCUT2D eigenvalue weighted by molar-refractivity contribution is -0.125. The van der Waals surface area contributed by atoms with Crippen LogP contribution in [0.2, 0.25) is 0 Å². The summed E-state index contributed by atoms with van der Waals surface area (Å²) in [5, 5.41) is 6.31. The zero-order chi connectivity index (χ0) is 11.6. The van der Waals surface area contributed by atoms with E-state index in [1.54, 1.807) is 0 Å². The van der Waals surface area contributed by atoms with Gasteiger partial charge in [-0.1, -0.05) is 12.5 Å². The van der Waals surface area contributed by atoms with Gasteiger partial charge in [0.15, 0.2) is 0 Å². The molecule has 0 aromatic rings. The summed E-state index contributed by atoms with van der Waals surface area (Å²) in [4.78, 5) is 11.7. The summed E-state index contributed by atoms with van der Waals surface area (Å²) in [6, 6.07) is 0. The molecule has 1 amide bonds. The summed E-state index contributed by atoms with van der Waals surface area (Å²) in [5.41, 5.74) is 0. The minimum Gasteiger partial charge on any atom is -0.356 e. The number of allylic oxidation sites excluding steroid dienone is 1. The average Bonchev–Trinajstić information content (AvgIpc) is 2.34. The molecular formula is C13H24N2O. The van der Waals surface area contributed by atoms with Gasteiger partial charge in [0.1, 0.15) is 0 Å². The van der Waals surface area contributed by atoms with Crippen molar-refractivity contribution < 1.29 is 4.79 Å². The highest BCUT2D eigenvalue weighted by Crippen LogP contribution is 2.11. The molecule has 1 saturated heterocycles. The lowest BCUT2D eigenvalue weighted by Gasteiger charge is -2.21. The van der Waals surface area contributed by atoms with Crippen molar-refractivity contribution in [3.8, 4) is 0 Å². The fraction of sp³-hybridized carbons (Fsp3) is 0.769. The largest absolute Gasteiger partial charge is 0.356 e. The van der Waals surface area contributed by atoms with Crippen LogP contribution in [0.3, 0.4) is 0 Å². The maximum atomic E-state index is 11.7. The second-order valence-corrected chi connectivity index (χ2v) is 4.45. The van der Waals surface area contributed by atoms with E-state index in [2.05, 4.69) is 17.2 Å². The van der Waals surface area contributed by atoms with Crippen LogP contribution in [0.5, 0.6) is 0 Å². The van der Waals surface area contributed by atoms with Gasteiger partial charge >= 0.3 is 0 Å². The number of rotatable bonds is 7. The molecule has 2 N–H and O–H groups in total. The minimum atomic E-state index is 0.245. The fourth-order valence-electron chi connectivity index (χ4n) is 2.03. The van der Waals surface area contributed by atoms with E-state index in [9.17, 15) is 4.79 Å². The zero-order valence-corrected chi connectivity index (χ0v) is 10.1. The fourth-order valence-corrected chi connectivity index (χ4v) is 2.03. The first-order valence-electron chi connectivity index (χ1n) is 6.44. The lowest BCUT2D eigenvalue weighted by Crippen LogP contribution is -2.38. The molecule has 1 aliphatic rings. The molecule has 0 radical (unpaired) electrons. The highest BCUT2D eigenvalue weighted by molar-refractivity contribution is 5.78. The third kappa shape index (κ3) is 5.31. The maximum absolute atomic E-state index is 11.7. The van der Waals surface area contributed by atoms with Crippen molar-refractivity contribution in [1.82, 2.24) is 10.6 Å². The Morgan fingerprint density at radius 1 is 1.31 bits per heavy atom. The van der Waals surface area contributed by atoms with Crippen LogP contribution in [-0.4, -0.2) is 25.5 Å². The molecule has 0 spiro atoms. The summed E-state index contributed by atoms with van der Waals surface area (Å²) in [7, 11) is 0. The molecule has 0 bridgehead atoms. The van der Waals surface area contributed by atoms with Crippen molar-refractivity contribution in [3.63, 3.8) is 0 Å². The van der Waals surface area contributed by atoms with Gasteiger partial charge in [0.25, 0.3) is 0 Å². The van der Waals surface area contributed by atoms with Crippen LogP contribution >= 0.6 is 0 Å². The molecule has 16 heavy (non-hydrogen) atoms. The first kappa shape index (κ1) is 13.2. The van der Waals surface area contributed by atoms with Crippen LogP contribution < -0.4 is 10.6 Å². The van der Waals surface area contributed by atoms with Crippen molar-refractivity contribution in [1.29, 1.82) is 0 Å². The molecule has 1 fully saturated rings. The third-order valence-corrected chi connectivity index (χ3v) is 3.09. The minimum absolute atomic E-state index is 0.245. The Labute approximate surface area is 98.7 Å². The van der Waals surface area contributed by atoms with Gasteiger partial charge in [0, 0.05) is 12.5 Å². The van der Waals surface area contributed by atoms with Gasteiger partial charge in [-0.15, -0.1) is 6.58 Å². The van der Waals surface area contributed by atoms with Crippen molar-refractivity contribution in [2.24, 2.45) is 5.92 Å². The number of nitrogens with one attached hydrogen (secondary N) is 2. The van der Waals surface area contributed by atoms with Crippen LogP contribution in [-0.2, 0) is 4.79 Å². The van der Waals surface area contributed by atoms with E-state index >= 15 is 0 Å². The van der Waals surface area contributed by atoms with Crippen molar-refractivity contribution in [3.05, 3.63) is 12.7 Å². The highest BCUT2D eigenvalue weighted by atomic mass is 16.1. The summed E-state index contributed by atoms with van der Waals surface area (Å²) < 4.78 is 0. The molecular weight excluding hydrogens is 200 g/mol. The molecule has 0 unspecified atom stereocenters. The molecule has 92 valence electrons. The number of carbonyl (C=O) groups is 1. The Kier molecular flexibility index (Phi) is 6.90. The van der Waals surface area contributed by atoms with E-state index in [-0.39, 0.29) is 11.8 Å². The van der Waals surface area contributed by atoms with E-state index in [4.69, 9.17) is 0 Å². The predicted molar refractivity (Wildman–Crippen MR) is 67.3 cm³/mol. The molecule has 1 rings (SSSR count). The van der Waals surface area contributed by atoms with E-state index < -0.39 is 0 Å². The second-order valence-electron chi connectivity index (χ2n) is 4.45. The molecule has 0 aromatic heterocycles. The van der Waals surface area contributed by atoms with Crippen LogP contribution in [0.25, 0.3) is 0 Å². The second kappa shape index (κ2) is 8.34. The summed E-state index contributed by atoms with van der Waals surface area (Å²) in [5.74, 6) is 0.500. The van der Waals surface area contributed by atoms with Crippen LogP contribution in [0.1, 0.15) is 38.5 Å². The Morgan fingerprint density at radius 3 is 2.75 bits per heavy atom. The quantitative estimate of drug-likeness (QED) is 0.512. The van der Waals surface area contributed by atoms with E-state index in [0.717, 1.165) is 45.3 Å². The van der Waals surface area contributed by atoms with E-state index in [1.165, 1.54) is 12.8 Å². The molecule has 0 saturated carbocycles. The normalized spacial score (nSPS) is 17.0. The molecule has 0 aromatic carbocycles. The molecule has 1 aliphatic heterocycles. The molecule has 3 heteroatoms. The number of amides is 1. The van der Waals surface area contributed by atoms with E-state index in [1.807, 2.05) is 6.08 Å². The summed E-state index contributed by atoms with van der Waals surface area (Å²) in [6.45, 7) is 6.49. The molecule has 0 aliphatic carbocycles. The zero-order valence-electron chi connectivity index (χ0n) is 10.1. The van der Waals surface area contributed by atoms with Gasteiger partial charge in [0.05, 0.1) is 0 Å². The number of piperidine rings is 1. The van der Waals surface area contributed by atoms with Gasteiger partial charge in [-0.2, -0.15) is 0 Å². The number of hydrogen-bond acceptors (Lipinski definition) is 2. The topological polar surface area (TPSA) is 41.1 Å². The smallest absolute Gasteiger partial charge is 0.223 e. The monoisotopic (exact) mass is 224 g/mol. The third-order valence-electron chi connectivity index (χ3n) is 3.09. The maximum Gasteiger partial charge on any atom is 0.223 e. The summed E-state index contributed by atoms with van der Waals surface area (Å²) >= 11 is 0. The predicted octanol–water partition coefficient (Wildman–Crippen LogP) is 1.85. The van der Waals surface area contributed by atoms with E-state index in [0.29, 0.717) is 0 Å². The van der Waals surface area contributed by atoms with Gasteiger partial charge in [-0.3, -0.25) is 4.79 Å². The molecule has 0 atom stereocenters.